The molecule has 0 N–H and O–H groups in total. The van der Waals surface area contributed by atoms with Gasteiger partial charge < -0.3 is 4.52 Å². The van der Waals surface area contributed by atoms with Crippen LogP contribution in [0.2, 0.25) is 0 Å². The molecule has 0 aliphatic carbocycles. The lowest BCUT2D eigenvalue weighted by molar-refractivity contribution is 0.363. The van der Waals surface area contributed by atoms with Crippen molar-refractivity contribution >= 4 is 0 Å². The summed E-state index contributed by atoms with van der Waals surface area (Å²) in [7, 11) is 0. The van der Waals surface area contributed by atoms with Crippen molar-refractivity contribution in [3.8, 4) is 0 Å². The van der Waals surface area contributed by atoms with Crippen LogP contribution in [0.3, 0.4) is 0 Å². The highest BCUT2D eigenvalue weighted by Crippen LogP contribution is 2.22. The van der Waals surface area contributed by atoms with Crippen LogP contribution in [-0.4, -0.2) is 25.6 Å². The summed E-state index contributed by atoms with van der Waals surface area (Å²) in [6, 6.07) is 19.9. The van der Waals surface area contributed by atoms with Gasteiger partial charge in [-0.05, 0) is 51.8 Å². The van der Waals surface area contributed by atoms with Crippen molar-refractivity contribution in [1.82, 2.24) is 25.6 Å². The monoisotopic (exact) mass is 644 g/mol. The van der Waals surface area contributed by atoms with E-state index in [2.05, 4.69) is 157 Å². The Morgan fingerprint density at radius 3 is 0.979 bits per heavy atom. The minimum Gasteiger partial charge on any atom is -0.361 e. The largest absolute Gasteiger partial charge is 0.361 e. The van der Waals surface area contributed by atoms with Crippen molar-refractivity contribution in [2.75, 3.05) is 0 Å². The molecule has 4 aromatic rings. The number of hydrogen-bond donors (Lipinski definition) is 0. The molecule has 4 rings (SSSR count). The zero-order valence-corrected chi connectivity index (χ0v) is 32.5. The number of rotatable bonds is 8. The van der Waals surface area contributed by atoms with E-state index in [1.54, 1.807) is 0 Å². The van der Waals surface area contributed by atoms with Crippen LogP contribution in [0.1, 0.15) is 203 Å². The zero-order chi connectivity index (χ0) is 35.8. The van der Waals surface area contributed by atoms with E-state index < -0.39 is 0 Å². The van der Waals surface area contributed by atoms with E-state index in [9.17, 15) is 0 Å². The molecule has 260 valence electrons. The third-order valence-corrected chi connectivity index (χ3v) is 7.76. The van der Waals surface area contributed by atoms with E-state index in [4.69, 9.17) is 4.52 Å². The summed E-state index contributed by atoms with van der Waals surface area (Å²) in [6.45, 7) is 34.4. The molecule has 47 heavy (non-hydrogen) atoms. The topological polar surface area (TPSA) is 77.6 Å². The second-order valence-corrected chi connectivity index (χ2v) is 14.8. The molecule has 0 amide bonds. The minimum atomic E-state index is 0.297. The van der Waals surface area contributed by atoms with Crippen LogP contribution in [0.15, 0.2) is 59.1 Å². The van der Waals surface area contributed by atoms with Gasteiger partial charge in [0, 0.05) is 23.8 Å². The van der Waals surface area contributed by atoms with Gasteiger partial charge in [-0.25, -0.2) is 0 Å². The summed E-state index contributed by atoms with van der Waals surface area (Å²) in [4.78, 5) is 0. The number of aromatic nitrogens is 5. The fourth-order valence-electron chi connectivity index (χ4n) is 4.10. The lowest BCUT2D eigenvalue weighted by Gasteiger charge is -2.09. The molecule has 0 aliphatic heterocycles. The normalized spacial score (nSPS) is 11.2. The molecule has 0 fully saturated rings. The molecular weight excluding hydrogens is 578 g/mol. The van der Waals surface area contributed by atoms with Gasteiger partial charge >= 0.3 is 0 Å². The molecule has 0 bridgehead atoms. The van der Waals surface area contributed by atoms with E-state index in [0.29, 0.717) is 59.0 Å². The second kappa shape index (κ2) is 20.7. The van der Waals surface area contributed by atoms with Crippen LogP contribution in [0, 0.1) is 0 Å². The van der Waals surface area contributed by atoms with Crippen LogP contribution in [0.4, 0.5) is 0 Å². The standard InChI is InChI=1S/2C12H18.C9H15NO.C8H14N4/c1-9(2)11-5-7-12(8-6-11)10(3)4;1-9(2)11-6-5-7-12(8-11)10(3)4;1-6(2)8-5-9(7(3)4)11-10-8;1-5(2)7-9-11-8(6(3)4)12-10-7/h2*5-10H,1-4H3;5-7H,1-4H3;5-6H,1-4H3. The lowest BCUT2D eigenvalue weighted by atomic mass is 9.96. The number of nitrogens with zero attached hydrogens (tertiary/aromatic N) is 5. The van der Waals surface area contributed by atoms with Gasteiger partial charge in [0.2, 0.25) is 0 Å². The minimum absolute atomic E-state index is 0.297. The van der Waals surface area contributed by atoms with Crippen LogP contribution in [-0.2, 0) is 0 Å². The molecule has 0 spiro atoms. The molecule has 2 aromatic heterocycles. The summed E-state index contributed by atoms with van der Waals surface area (Å²) >= 11 is 0. The average Bonchev–Trinajstić information content (AvgIpc) is 3.54. The van der Waals surface area contributed by atoms with Gasteiger partial charge in [0.25, 0.3) is 0 Å². The molecule has 2 aromatic carbocycles. The first-order valence-electron chi connectivity index (χ1n) is 17.7. The first-order valence-corrected chi connectivity index (χ1v) is 17.7. The molecule has 0 radical (unpaired) electrons. The molecule has 6 nitrogen and oxygen atoms in total. The Hall–Kier alpha value is -3.41. The van der Waals surface area contributed by atoms with Gasteiger partial charge in [-0.15, -0.1) is 20.4 Å². The maximum atomic E-state index is 5.14. The first-order chi connectivity index (χ1) is 21.9. The SMILES string of the molecule is CC(C)c1cc(C(C)C)on1.CC(C)c1ccc(C(C)C)cc1.CC(C)c1cccc(C(C)C)c1.CC(C)c1nnc(C(C)C)nn1. The van der Waals surface area contributed by atoms with Crippen molar-refractivity contribution < 1.29 is 4.52 Å². The third kappa shape index (κ3) is 15.4. The van der Waals surface area contributed by atoms with Gasteiger partial charge in [-0.3, -0.25) is 0 Å². The van der Waals surface area contributed by atoms with Gasteiger partial charge in [-0.2, -0.15) is 0 Å². The molecule has 2 heterocycles. The van der Waals surface area contributed by atoms with Crippen molar-refractivity contribution in [2.45, 2.75) is 158 Å². The fraction of sp³-hybridized carbons (Fsp3) is 0.585. The lowest BCUT2D eigenvalue weighted by Crippen LogP contribution is -2.07. The van der Waals surface area contributed by atoms with Crippen LogP contribution >= 0.6 is 0 Å². The predicted octanol–water partition coefficient (Wildman–Crippen LogP) is 12.3. The zero-order valence-electron chi connectivity index (χ0n) is 32.5. The summed E-state index contributed by atoms with van der Waals surface area (Å²) in [5.74, 6) is 6.47. The Morgan fingerprint density at radius 1 is 0.383 bits per heavy atom. The molecule has 0 saturated heterocycles. The summed E-state index contributed by atoms with van der Waals surface area (Å²) in [5, 5.41) is 19.9. The maximum absolute atomic E-state index is 5.14. The van der Waals surface area contributed by atoms with E-state index in [1.807, 2.05) is 33.8 Å². The Bertz CT molecular complexity index is 1230. The van der Waals surface area contributed by atoms with Crippen molar-refractivity contribution in [2.24, 2.45) is 0 Å². The fourth-order valence-corrected chi connectivity index (χ4v) is 4.10. The van der Waals surface area contributed by atoms with E-state index >= 15 is 0 Å². The van der Waals surface area contributed by atoms with Crippen molar-refractivity contribution in [3.05, 3.63) is 100.0 Å². The van der Waals surface area contributed by atoms with E-state index in [0.717, 1.165) is 11.5 Å². The summed E-state index contributed by atoms with van der Waals surface area (Å²) in [5.41, 5.74) is 6.80. The first kappa shape index (κ1) is 41.6. The predicted molar refractivity (Wildman–Crippen MR) is 200 cm³/mol. The number of hydrogen-bond acceptors (Lipinski definition) is 6. The molecule has 0 saturated carbocycles. The average molecular weight is 644 g/mol. The van der Waals surface area contributed by atoms with Crippen LogP contribution in [0.5, 0.6) is 0 Å². The van der Waals surface area contributed by atoms with E-state index in [1.165, 1.54) is 22.3 Å². The van der Waals surface area contributed by atoms with Crippen LogP contribution in [0.25, 0.3) is 0 Å². The highest BCUT2D eigenvalue weighted by Gasteiger charge is 2.10. The number of benzene rings is 2. The highest BCUT2D eigenvalue weighted by atomic mass is 16.5. The highest BCUT2D eigenvalue weighted by molar-refractivity contribution is 5.28. The smallest absolute Gasteiger partial charge is 0.176 e. The third-order valence-electron chi connectivity index (χ3n) is 7.76. The maximum Gasteiger partial charge on any atom is 0.176 e. The summed E-state index contributed by atoms with van der Waals surface area (Å²) in [6.07, 6.45) is 0. The Labute approximate surface area is 287 Å². The summed E-state index contributed by atoms with van der Waals surface area (Å²) < 4.78 is 5.14. The second-order valence-electron chi connectivity index (χ2n) is 14.8. The Kier molecular flexibility index (Phi) is 18.4. The van der Waals surface area contributed by atoms with Gasteiger partial charge in [-0.1, -0.05) is 164 Å². The van der Waals surface area contributed by atoms with Gasteiger partial charge in [0.1, 0.15) is 5.76 Å². The molecule has 0 unspecified atom stereocenters. The Balaban J connectivity index is 0.000000314. The Morgan fingerprint density at radius 2 is 0.745 bits per heavy atom. The molecular formula is C41H65N5O. The van der Waals surface area contributed by atoms with Gasteiger partial charge in [0.05, 0.1) is 5.69 Å². The molecule has 0 aliphatic rings. The van der Waals surface area contributed by atoms with Crippen molar-refractivity contribution in [3.63, 3.8) is 0 Å². The molecule has 6 heteroatoms. The molecule has 0 atom stereocenters. The quantitative estimate of drug-likeness (QED) is 0.190. The van der Waals surface area contributed by atoms with Crippen molar-refractivity contribution in [1.29, 1.82) is 0 Å². The van der Waals surface area contributed by atoms with E-state index in [-0.39, 0.29) is 0 Å². The van der Waals surface area contributed by atoms with Gasteiger partial charge in [0.15, 0.2) is 11.6 Å². The van der Waals surface area contributed by atoms with Crippen LogP contribution < -0.4 is 0 Å².